The molecule has 1 fully saturated rings. The number of benzene rings is 1. The van der Waals surface area contributed by atoms with Crippen LogP contribution >= 0.6 is 0 Å². The molecule has 0 saturated carbocycles. The van der Waals surface area contributed by atoms with Crippen LogP contribution in [0.2, 0.25) is 0 Å². The normalized spacial score (nSPS) is 20.2. The molecule has 1 aromatic heterocycles. The second-order valence-electron chi connectivity index (χ2n) is 4.81. The van der Waals surface area contributed by atoms with Gasteiger partial charge in [-0.1, -0.05) is 17.3 Å². The van der Waals surface area contributed by atoms with E-state index >= 15 is 0 Å². The zero-order chi connectivity index (χ0) is 12.5. The minimum absolute atomic E-state index is 0.0215. The van der Waals surface area contributed by atoms with E-state index in [0.29, 0.717) is 10.9 Å². The molecule has 0 bridgehead atoms. The van der Waals surface area contributed by atoms with E-state index in [4.69, 9.17) is 0 Å². The van der Waals surface area contributed by atoms with E-state index in [1.54, 1.807) is 4.68 Å². The van der Waals surface area contributed by atoms with Crippen LogP contribution in [0, 0.1) is 6.92 Å². The number of piperidine rings is 1. The number of hydrogen-bond acceptors (Lipinski definition) is 4. The van der Waals surface area contributed by atoms with Gasteiger partial charge in [-0.05, 0) is 37.9 Å². The molecule has 1 unspecified atom stereocenters. The highest BCUT2D eigenvalue weighted by Crippen LogP contribution is 2.15. The lowest BCUT2D eigenvalue weighted by Gasteiger charge is -2.23. The summed E-state index contributed by atoms with van der Waals surface area (Å²) in [6.07, 6.45) is 2.06. The Morgan fingerprint density at radius 3 is 3.11 bits per heavy atom. The van der Waals surface area contributed by atoms with Crippen LogP contribution in [0.4, 0.5) is 0 Å². The third kappa shape index (κ3) is 1.80. The first-order valence-corrected chi connectivity index (χ1v) is 6.33. The summed E-state index contributed by atoms with van der Waals surface area (Å²) in [5.41, 5.74) is 1.62. The molecule has 2 aromatic rings. The standard InChI is InChI=1S/C13H16N4O/c1-9-4-2-6-11-12(9)13(18)17(16-15-11)10-5-3-7-14-8-10/h2,4,6,10,14H,3,5,7-8H2,1H3. The number of nitrogens with zero attached hydrogens (tertiary/aromatic N) is 3. The average Bonchev–Trinajstić information content (AvgIpc) is 2.40. The summed E-state index contributed by atoms with van der Waals surface area (Å²) in [5.74, 6) is 0. The molecular weight excluding hydrogens is 228 g/mol. The molecular formula is C13H16N4O. The molecule has 18 heavy (non-hydrogen) atoms. The summed E-state index contributed by atoms with van der Waals surface area (Å²) in [6.45, 7) is 3.76. The number of hydrogen-bond donors (Lipinski definition) is 1. The smallest absolute Gasteiger partial charge is 0.278 e. The Hall–Kier alpha value is -1.75. The molecule has 94 valence electrons. The summed E-state index contributed by atoms with van der Waals surface area (Å²) < 4.78 is 1.54. The fourth-order valence-electron chi connectivity index (χ4n) is 2.55. The first-order chi connectivity index (χ1) is 8.77. The Morgan fingerprint density at radius 1 is 1.44 bits per heavy atom. The van der Waals surface area contributed by atoms with E-state index in [2.05, 4.69) is 15.6 Å². The number of fused-ring (bicyclic) bond motifs is 1. The van der Waals surface area contributed by atoms with Crippen molar-refractivity contribution in [1.29, 1.82) is 0 Å². The maximum absolute atomic E-state index is 12.5. The van der Waals surface area contributed by atoms with Gasteiger partial charge in [-0.2, -0.15) is 0 Å². The second-order valence-corrected chi connectivity index (χ2v) is 4.81. The summed E-state index contributed by atoms with van der Waals surface area (Å²) in [4.78, 5) is 12.5. The Kier molecular flexibility index (Phi) is 2.83. The second kappa shape index (κ2) is 4.49. The first kappa shape index (κ1) is 11.3. The van der Waals surface area contributed by atoms with Crippen molar-refractivity contribution >= 4 is 10.9 Å². The predicted octanol–water partition coefficient (Wildman–Crippen LogP) is 1.02. The predicted molar refractivity (Wildman–Crippen MR) is 69.7 cm³/mol. The molecule has 1 aromatic carbocycles. The highest BCUT2D eigenvalue weighted by molar-refractivity contribution is 5.80. The average molecular weight is 244 g/mol. The van der Waals surface area contributed by atoms with Gasteiger partial charge in [-0.15, -0.1) is 5.10 Å². The van der Waals surface area contributed by atoms with Gasteiger partial charge in [-0.25, -0.2) is 4.68 Å². The Bertz CT molecular complexity index is 628. The monoisotopic (exact) mass is 244 g/mol. The number of nitrogens with one attached hydrogen (secondary N) is 1. The third-order valence-electron chi connectivity index (χ3n) is 3.54. The molecule has 2 heterocycles. The minimum atomic E-state index is -0.0215. The van der Waals surface area contributed by atoms with E-state index < -0.39 is 0 Å². The molecule has 0 aliphatic carbocycles. The van der Waals surface area contributed by atoms with Gasteiger partial charge in [0.15, 0.2) is 0 Å². The molecule has 5 heteroatoms. The van der Waals surface area contributed by atoms with Crippen molar-refractivity contribution in [2.24, 2.45) is 0 Å². The highest BCUT2D eigenvalue weighted by Gasteiger charge is 2.19. The van der Waals surface area contributed by atoms with Crippen LogP contribution < -0.4 is 10.9 Å². The third-order valence-corrected chi connectivity index (χ3v) is 3.54. The van der Waals surface area contributed by atoms with Crippen LogP contribution in [0.15, 0.2) is 23.0 Å². The summed E-state index contributed by atoms with van der Waals surface area (Å²) in [6, 6.07) is 5.80. The van der Waals surface area contributed by atoms with E-state index in [-0.39, 0.29) is 11.6 Å². The topological polar surface area (TPSA) is 59.8 Å². The zero-order valence-electron chi connectivity index (χ0n) is 10.4. The Labute approximate surface area is 105 Å². The fraction of sp³-hybridized carbons (Fsp3) is 0.462. The lowest BCUT2D eigenvalue weighted by Crippen LogP contribution is -2.38. The molecule has 5 nitrogen and oxygen atoms in total. The van der Waals surface area contributed by atoms with Crippen LogP contribution in [-0.2, 0) is 0 Å². The van der Waals surface area contributed by atoms with Crippen molar-refractivity contribution in [1.82, 2.24) is 20.3 Å². The van der Waals surface area contributed by atoms with E-state index in [1.807, 2.05) is 25.1 Å². The molecule has 0 amide bonds. The van der Waals surface area contributed by atoms with Crippen molar-refractivity contribution in [3.63, 3.8) is 0 Å². The lowest BCUT2D eigenvalue weighted by atomic mass is 10.1. The van der Waals surface area contributed by atoms with Crippen molar-refractivity contribution < 1.29 is 0 Å². The molecule has 0 radical (unpaired) electrons. The van der Waals surface area contributed by atoms with E-state index in [9.17, 15) is 4.79 Å². The minimum Gasteiger partial charge on any atom is -0.315 e. The molecule has 3 rings (SSSR count). The van der Waals surface area contributed by atoms with Gasteiger partial charge in [0, 0.05) is 6.54 Å². The van der Waals surface area contributed by atoms with Crippen LogP contribution in [0.25, 0.3) is 10.9 Å². The van der Waals surface area contributed by atoms with Crippen molar-refractivity contribution in [2.75, 3.05) is 13.1 Å². The number of aryl methyl sites for hydroxylation is 1. The molecule has 1 saturated heterocycles. The SMILES string of the molecule is Cc1cccc2nnn(C3CCCNC3)c(=O)c12. The summed E-state index contributed by atoms with van der Waals surface area (Å²) in [7, 11) is 0. The van der Waals surface area contributed by atoms with Crippen LogP contribution in [-0.4, -0.2) is 28.1 Å². The van der Waals surface area contributed by atoms with Crippen LogP contribution in [0.3, 0.4) is 0 Å². The Balaban J connectivity index is 2.16. The molecule has 0 spiro atoms. The maximum atomic E-state index is 12.5. The molecule has 1 N–H and O–H groups in total. The van der Waals surface area contributed by atoms with Gasteiger partial charge >= 0.3 is 0 Å². The van der Waals surface area contributed by atoms with Gasteiger partial charge < -0.3 is 5.32 Å². The van der Waals surface area contributed by atoms with Gasteiger partial charge in [0.1, 0.15) is 5.52 Å². The van der Waals surface area contributed by atoms with Crippen molar-refractivity contribution in [3.8, 4) is 0 Å². The fourth-order valence-corrected chi connectivity index (χ4v) is 2.55. The van der Waals surface area contributed by atoms with Crippen LogP contribution in [0.5, 0.6) is 0 Å². The number of aromatic nitrogens is 3. The van der Waals surface area contributed by atoms with Crippen LogP contribution in [0.1, 0.15) is 24.4 Å². The zero-order valence-corrected chi connectivity index (χ0v) is 10.4. The quantitative estimate of drug-likeness (QED) is 0.813. The lowest BCUT2D eigenvalue weighted by molar-refractivity contribution is 0.328. The Morgan fingerprint density at radius 2 is 2.33 bits per heavy atom. The highest BCUT2D eigenvalue weighted by atomic mass is 16.1. The largest absolute Gasteiger partial charge is 0.315 e. The van der Waals surface area contributed by atoms with E-state index in [1.165, 1.54) is 0 Å². The van der Waals surface area contributed by atoms with Crippen molar-refractivity contribution in [3.05, 3.63) is 34.1 Å². The van der Waals surface area contributed by atoms with Gasteiger partial charge in [0.2, 0.25) is 0 Å². The number of rotatable bonds is 1. The summed E-state index contributed by atoms with van der Waals surface area (Å²) >= 11 is 0. The molecule has 1 atom stereocenters. The maximum Gasteiger partial charge on any atom is 0.278 e. The van der Waals surface area contributed by atoms with Gasteiger partial charge in [-0.3, -0.25) is 4.79 Å². The molecule has 1 aliphatic heterocycles. The molecule has 1 aliphatic rings. The van der Waals surface area contributed by atoms with Gasteiger partial charge in [0.05, 0.1) is 11.4 Å². The first-order valence-electron chi connectivity index (χ1n) is 6.33. The summed E-state index contributed by atoms with van der Waals surface area (Å²) in [5, 5.41) is 12.2. The van der Waals surface area contributed by atoms with E-state index in [0.717, 1.165) is 31.5 Å². The van der Waals surface area contributed by atoms with Crippen molar-refractivity contribution in [2.45, 2.75) is 25.8 Å². The van der Waals surface area contributed by atoms with Gasteiger partial charge in [0.25, 0.3) is 5.56 Å².